The van der Waals surface area contributed by atoms with Crippen molar-refractivity contribution in [1.29, 1.82) is 0 Å². The number of anilines is 1. The van der Waals surface area contributed by atoms with Gasteiger partial charge in [-0.3, -0.25) is 4.79 Å². The highest BCUT2D eigenvalue weighted by atomic mass is 32.2. The number of amides is 1. The highest BCUT2D eigenvalue weighted by molar-refractivity contribution is 8.00. The minimum Gasteiger partial charge on any atom is -0.342 e. The van der Waals surface area contributed by atoms with E-state index in [9.17, 15) is 9.18 Å². The number of para-hydroxylation sites is 1. The monoisotopic (exact) mass is 432 g/mol. The number of nitrogens with zero attached hydrogens (tertiary/aromatic N) is 1. The van der Waals surface area contributed by atoms with Gasteiger partial charge in [-0.05, 0) is 55.7 Å². The molecule has 0 atom stereocenters. The minimum atomic E-state index is -0.234. The third-order valence-electron chi connectivity index (χ3n) is 5.32. The van der Waals surface area contributed by atoms with Gasteiger partial charge in [0.1, 0.15) is 5.82 Å². The topological polar surface area (TPSA) is 34.0 Å². The number of nitrogens with one attached hydrogen (secondary N) is 1. The number of aryl methyl sites for hydroxylation is 3. The first kappa shape index (κ1) is 21.2. The maximum atomic E-state index is 13.2. The summed E-state index contributed by atoms with van der Waals surface area (Å²) < 4.78 is 15.4. The summed E-state index contributed by atoms with van der Waals surface area (Å²) in [6.07, 6.45) is 2.08. The van der Waals surface area contributed by atoms with Gasteiger partial charge in [0.15, 0.2) is 0 Å². The average molecular weight is 433 g/mol. The van der Waals surface area contributed by atoms with Crippen molar-refractivity contribution < 1.29 is 9.18 Å². The second kappa shape index (κ2) is 8.98. The maximum Gasteiger partial charge on any atom is 0.234 e. The Hall–Kier alpha value is -3.05. The van der Waals surface area contributed by atoms with E-state index in [1.165, 1.54) is 29.5 Å². The van der Waals surface area contributed by atoms with Crippen molar-refractivity contribution in [1.82, 2.24) is 4.57 Å². The van der Waals surface area contributed by atoms with Crippen LogP contribution in [0.15, 0.2) is 71.8 Å². The molecule has 1 N–H and O–H groups in total. The van der Waals surface area contributed by atoms with Gasteiger partial charge in [-0.2, -0.15) is 0 Å². The summed E-state index contributed by atoms with van der Waals surface area (Å²) in [4.78, 5) is 13.7. The van der Waals surface area contributed by atoms with Crippen molar-refractivity contribution in [3.63, 3.8) is 0 Å². The number of hydrogen-bond acceptors (Lipinski definition) is 2. The molecule has 0 spiro atoms. The molecule has 0 aliphatic heterocycles. The number of carbonyl (C=O) groups is 1. The average Bonchev–Trinajstić information content (AvgIpc) is 3.08. The van der Waals surface area contributed by atoms with E-state index < -0.39 is 0 Å². The number of benzene rings is 3. The summed E-state index contributed by atoms with van der Waals surface area (Å²) >= 11 is 1.53. The van der Waals surface area contributed by atoms with Crippen LogP contribution in [0.2, 0.25) is 0 Å². The van der Waals surface area contributed by atoms with Gasteiger partial charge in [0, 0.05) is 34.2 Å². The van der Waals surface area contributed by atoms with Gasteiger partial charge >= 0.3 is 0 Å². The van der Waals surface area contributed by atoms with Gasteiger partial charge in [-0.25, -0.2) is 4.39 Å². The molecule has 1 heterocycles. The molecule has 1 aromatic heterocycles. The second-order valence-electron chi connectivity index (χ2n) is 7.88. The summed E-state index contributed by atoms with van der Waals surface area (Å²) in [7, 11) is 0. The first-order valence-electron chi connectivity index (χ1n) is 10.2. The zero-order valence-corrected chi connectivity index (χ0v) is 18.7. The SMILES string of the molecule is Cc1cc(C)c(NC(=O)CSc2cn(Cc3ccc(F)cc3)c3ccccc23)c(C)c1. The van der Waals surface area contributed by atoms with Crippen molar-refractivity contribution in [3.8, 4) is 0 Å². The molecule has 0 bridgehead atoms. The third-order valence-corrected chi connectivity index (χ3v) is 6.36. The Morgan fingerprint density at radius 3 is 2.39 bits per heavy atom. The Balaban J connectivity index is 1.51. The molecule has 0 radical (unpaired) electrons. The molecule has 0 saturated heterocycles. The van der Waals surface area contributed by atoms with Crippen LogP contribution in [0.25, 0.3) is 10.9 Å². The predicted octanol–water partition coefficient (Wildman–Crippen LogP) is 6.48. The minimum absolute atomic E-state index is 0.0181. The van der Waals surface area contributed by atoms with Crippen LogP contribution in [0.3, 0.4) is 0 Å². The Morgan fingerprint density at radius 1 is 1.00 bits per heavy atom. The highest BCUT2D eigenvalue weighted by Crippen LogP contribution is 2.31. The lowest BCUT2D eigenvalue weighted by Gasteiger charge is -2.12. The van der Waals surface area contributed by atoms with Crippen LogP contribution in [-0.2, 0) is 11.3 Å². The number of thioether (sulfide) groups is 1. The van der Waals surface area contributed by atoms with Gasteiger partial charge in [0.25, 0.3) is 0 Å². The predicted molar refractivity (Wildman–Crippen MR) is 127 cm³/mol. The Kier molecular flexibility index (Phi) is 6.14. The molecular formula is C26H25FN2OS. The van der Waals surface area contributed by atoms with Crippen LogP contribution in [0.4, 0.5) is 10.1 Å². The molecule has 3 nitrogen and oxygen atoms in total. The highest BCUT2D eigenvalue weighted by Gasteiger charge is 2.13. The molecule has 3 aromatic carbocycles. The number of fused-ring (bicyclic) bond motifs is 1. The number of aromatic nitrogens is 1. The number of halogens is 1. The second-order valence-corrected chi connectivity index (χ2v) is 8.89. The molecule has 1 amide bonds. The fourth-order valence-corrected chi connectivity index (χ4v) is 4.83. The first-order valence-corrected chi connectivity index (χ1v) is 11.2. The Morgan fingerprint density at radius 2 is 1.68 bits per heavy atom. The molecule has 0 fully saturated rings. The Bertz CT molecular complexity index is 1220. The quantitative estimate of drug-likeness (QED) is 0.354. The summed E-state index contributed by atoms with van der Waals surface area (Å²) in [6.45, 7) is 6.75. The van der Waals surface area contributed by atoms with Crippen molar-refractivity contribution >= 4 is 34.3 Å². The van der Waals surface area contributed by atoms with Crippen LogP contribution in [0.1, 0.15) is 22.3 Å². The zero-order chi connectivity index (χ0) is 22.0. The fraction of sp³-hybridized carbons (Fsp3) is 0.192. The molecule has 4 rings (SSSR count). The Labute approximate surface area is 186 Å². The summed E-state index contributed by atoms with van der Waals surface area (Å²) in [5, 5.41) is 4.19. The summed E-state index contributed by atoms with van der Waals surface area (Å²) in [5.74, 6) is 0.0787. The molecule has 0 saturated carbocycles. The number of carbonyl (C=O) groups excluding carboxylic acids is 1. The third kappa shape index (κ3) is 4.83. The van der Waals surface area contributed by atoms with E-state index in [0.717, 1.165) is 38.2 Å². The van der Waals surface area contributed by atoms with E-state index in [4.69, 9.17) is 0 Å². The standard InChI is InChI=1S/C26H25FN2OS/c1-17-12-18(2)26(19(3)13-17)28-25(30)16-31-24-15-29(23-7-5-4-6-22(23)24)14-20-8-10-21(27)11-9-20/h4-13,15H,14,16H2,1-3H3,(H,28,30). The summed E-state index contributed by atoms with van der Waals surface area (Å²) in [5.41, 5.74) is 6.37. The molecule has 5 heteroatoms. The van der Waals surface area contributed by atoms with Crippen LogP contribution < -0.4 is 5.32 Å². The van der Waals surface area contributed by atoms with Crippen molar-refractivity contribution in [2.24, 2.45) is 0 Å². The van der Waals surface area contributed by atoms with Gasteiger partial charge in [-0.15, -0.1) is 11.8 Å². The van der Waals surface area contributed by atoms with E-state index in [-0.39, 0.29) is 11.7 Å². The smallest absolute Gasteiger partial charge is 0.234 e. The van der Waals surface area contributed by atoms with Crippen LogP contribution >= 0.6 is 11.8 Å². The van der Waals surface area contributed by atoms with Crippen LogP contribution in [0, 0.1) is 26.6 Å². The molecule has 0 aliphatic rings. The number of hydrogen-bond donors (Lipinski definition) is 1. The van der Waals surface area contributed by atoms with E-state index in [0.29, 0.717) is 12.3 Å². The van der Waals surface area contributed by atoms with Crippen molar-refractivity contribution in [2.75, 3.05) is 11.1 Å². The van der Waals surface area contributed by atoms with Gasteiger partial charge in [0.05, 0.1) is 5.75 Å². The van der Waals surface area contributed by atoms with Crippen molar-refractivity contribution in [2.45, 2.75) is 32.2 Å². The van der Waals surface area contributed by atoms with Crippen LogP contribution in [-0.4, -0.2) is 16.2 Å². The van der Waals surface area contributed by atoms with Gasteiger partial charge in [-0.1, -0.05) is 48.0 Å². The largest absolute Gasteiger partial charge is 0.342 e. The maximum absolute atomic E-state index is 13.2. The zero-order valence-electron chi connectivity index (χ0n) is 17.9. The van der Waals surface area contributed by atoms with E-state index >= 15 is 0 Å². The van der Waals surface area contributed by atoms with Gasteiger partial charge < -0.3 is 9.88 Å². The fourth-order valence-electron chi connectivity index (χ4n) is 3.94. The molecule has 31 heavy (non-hydrogen) atoms. The molecule has 4 aromatic rings. The molecular weight excluding hydrogens is 407 g/mol. The molecule has 0 unspecified atom stereocenters. The van der Waals surface area contributed by atoms with Crippen molar-refractivity contribution in [3.05, 3.63) is 94.9 Å². The molecule has 0 aliphatic carbocycles. The normalized spacial score (nSPS) is 11.1. The summed E-state index contributed by atoms with van der Waals surface area (Å²) in [6, 6.07) is 18.9. The van der Waals surface area contributed by atoms with E-state index in [2.05, 4.69) is 47.3 Å². The number of rotatable bonds is 6. The first-order chi connectivity index (χ1) is 14.9. The lowest BCUT2D eigenvalue weighted by molar-refractivity contribution is -0.113. The van der Waals surface area contributed by atoms with E-state index in [1.54, 1.807) is 12.1 Å². The molecule has 158 valence electrons. The lowest BCUT2D eigenvalue weighted by Crippen LogP contribution is -2.15. The van der Waals surface area contributed by atoms with E-state index in [1.807, 2.05) is 26.0 Å². The lowest BCUT2D eigenvalue weighted by atomic mass is 10.1. The van der Waals surface area contributed by atoms with Crippen LogP contribution in [0.5, 0.6) is 0 Å². The van der Waals surface area contributed by atoms with Gasteiger partial charge in [0.2, 0.25) is 5.91 Å².